The number of imidazole rings is 1. The lowest BCUT2D eigenvalue weighted by molar-refractivity contribution is -0.137. The summed E-state index contributed by atoms with van der Waals surface area (Å²) in [5.41, 5.74) is 0.409. The molecule has 12 heteroatoms. The number of rotatable bonds is 4. The summed E-state index contributed by atoms with van der Waals surface area (Å²) in [6.07, 6.45) is -0.452. The van der Waals surface area contributed by atoms with Crippen LogP contribution in [0, 0.1) is 0 Å². The van der Waals surface area contributed by atoms with Crippen molar-refractivity contribution in [1.82, 2.24) is 28.9 Å². The predicted octanol–water partition coefficient (Wildman–Crippen LogP) is 2.47. The Hall–Kier alpha value is -3.70. The number of nitrogens with zero attached hydrogens (tertiary/aromatic N) is 6. The Morgan fingerprint density at radius 2 is 1.78 bits per heavy atom. The molecule has 0 bridgehead atoms. The van der Waals surface area contributed by atoms with Gasteiger partial charge in [0.1, 0.15) is 12.9 Å². The quantitative estimate of drug-likeness (QED) is 0.478. The van der Waals surface area contributed by atoms with E-state index in [1.165, 1.54) is 34.0 Å². The van der Waals surface area contributed by atoms with E-state index in [0.29, 0.717) is 24.0 Å². The van der Waals surface area contributed by atoms with Gasteiger partial charge in [-0.15, -0.1) is 5.10 Å². The zero-order valence-electron chi connectivity index (χ0n) is 16.8. The number of hydrogen-bond acceptors (Lipinski definition) is 6. The number of alkyl halides is 3. The molecule has 9 nitrogen and oxygen atoms in total. The Kier molecular flexibility index (Phi) is 4.53. The van der Waals surface area contributed by atoms with Gasteiger partial charge in [-0.1, -0.05) is 12.1 Å². The monoisotopic (exact) mass is 446 g/mol. The molecule has 3 heterocycles. The van der Waals surface area contributed by atoms with Crippen LogP contribution in [-0.4, -0.2) is 28.9 Å². The Morgan fingerprint density at radius 1 is 1.09 bits per heavy atom. The third kappa shape index (κ3) is 3.41. The van der Waals surface area contributed by atoms with E-state index in [-0.39, 0.29) is 30.0 Å². The molecular weight excluding hydrogens is 429 g/mol. The van der Waals surface area contributed by atoms with Gasteiger partial charge in [-0.25, -0.2) is 14.8 Å². The molecule has 32 heavy (non-hydrogen) atoms. The first-order chi connectivity index (χ1) is 15.2. The second kappa shape index (κ2) is 7.18. The minimum absolute atomic E-state index is 0.0356. The van der Waals surface area contributed by atoms with Gasteiger partial charge in [0.2, 0.25) is 5.89 Å². The molecule has 166 valence electrons. The molecule has 4 aromatic rings. The van der Waals surface area contributed by atoms with Crippen molar-refractivity contribution in [2.45, 2.75) is 37.5 Å². The largest absolute Gasteiger partial charge is 0.437 e. The fourth-order valence-corrected chi connectivity index (χ4v) is 3.96. The van der Waals surface area contributed by atoms with Gasteiger partial charge in [-0.3, -0.25) is 9.36 Å². The molecule has 0 unspecified atom stereocenters. The maximum atomic E-state index is 12.7. The molecule has 0 aliphatic heterocycles. The first-order valence-corrected chi connectivity index (χ1v) is 9.83. The first-order valence-electron chi connectivity index (χ1n) is 9.83. The number of halogens is 3. The van der Waals surface area contributed by atoms with E-state index in [9.17, 15) is 22.8 Å². The molecule has 1 aliphatic rings. The highest BCUT2D eigenvalue weighted by Crippen LogP contribution is 2.44. The third-order valence-electron chi connectivity index (χ3n) is 5.79. The van der Waals surface area contributed by atoms with Crippen LogP contribution in [-0.2, 0) is 19.8 Å². The van der Waals surface area contributed by atoms with Crippen LogP contribution in [0.1, 0.15) is 41.8 Å². The van der Waals surface area contributed by atoms with Gasteiger partial charge in [-0.2, -0.15) is 17.9 Å². The van der Waals surface area contributed by atoms with E-state index < -0.39 is 17.5 Å². The topological polar surface area (TPSA) is 101 Å². The molecule has 0 saturated heterocycles. The van der Waals surface area contributed by atoms with Crippen molar-refractivity contribution in [2.24, 2.45) is 7.05 Å². The normalized spacial score (nSPS) is 18.8. The average molecular weight is 446 g/mol. The van der Waals surface area contributed by atoms with Crippen LogP contribution in [0.2, 0.25) is 0 Å². The van der Waals surface area contributed by atoms with Gasteiger partial charge in [-0.05, 0) is 36.5 Å². The van der Waals surface area contributed by atoms with E-state index in [1.807, 2.05) is 0 Å². The van der Waals surface area contributed by atoms with E-state index in [4.69, 9.17) is 4.42 Å². The van der Waals surface area contributed by atoms with Crippen molar-refractivity contribution in [3.63, 3.8) is 0 Å². The third-order valence-corrected chi connectivity index (χ3v) is 5.79. The number of fused-ring (bicyclic) bond motifs is 1. The zero-order chi connectivity index (χ0) is 22.6. The molecule has 1 aromatic carbocycles. The van der Waals surface area contributed by atoms with Crippen LogP contribution in [0.3, 0.4) is 0 Å². The minimum atomic E-state index is -4.37. The van der Waals surface area contributed by atoms with E-state index in [2.05, 4.69) is 15.1 Å². The highest BCUT2D eigenvalue weighted by Gasteiger charge is 2.35. The van der Waals surface area contributed by atoms with Crippen LogP contribution in [0.25, 0.3) is 11.2 Å². The Morgan fingerprint density at radius 3 is 2.47 bits per heavy atom. The molecule has 0 N–H and O–H groups in total. The maximum absolute atomic E-state index is 12.7. The van der Waals surface area contributed by atoms with Crippen LogP contribution in [0.15, 0.2) is 50.9 Å². The van der Waals surface area contributed by atoms with Gasteiger partial charge < -0.3 is 8.98 Å². The van der Waals surface area contributed by atoms with Crippen molar-refractivity contribution in [3.8, 4) is 0 Å². The summed E-state index contributed by atoms with van der Waals surface area (Å²) in [6, 6.07) is 4.84. The van der Waals surface area contributed by atoms with Crippen LogP contribution < -0.4 is 11.3 Å². The van der Waals surface area contributed by atoms with Gasteiger partial charge >= 0.3 is 11.9 Å². The fourth-order valence-electron chi connectivity index (χ4n) is 3.96. The molecule has 0 spiro atoms. The Balaban J connectivity index is 1.30. The van der Waals surface area contributed by atoms with Crippen molar-refractivity contribution < 1.29 is 17.6 Å². The summed E-state index contributed by atoms with van der Waals surface area (Å²) in [5.74, 6) is -0.537. The second-order valence-corrected chi connectivity index (χ2v) is 7.85. The van der Waals surface area contributed by atoms with E-state index >= 15 is 0 Å². The molecule has 3 aromatic heterocycles. The molecule has 1 fully saturated rings. The highest BCUT2D eigenvalue weighted by molar-refractivity contribution is 5.68. The average Bonchev–Trinajstić information content (AvgIpc) is 3.26. The molecule has 0 amide bonds. The van der Waals surface area contributed by atoms with Gasteiger partial charge in [0.25, 0.3) is 5.56 Å². The van der Waals surface area contributed by atoms with Crippen LogP contribution >= 0.6 is 0 Å². The summed E-state index contributed by atoms with van der Waals surface area (Å²) < 4.78 is 47.5. The maximum Gasteiger partial charge on any atom is 0.437 e. The van der Waals surface area contributed by atoms with Crippen LogP contribution in [0.5, 0.6) is 0 Å². The lowest BCUT2D eigenvalue weighted by atomic mass is 9.76. The molecule has 0 radical (unpaired) electrons. The first kappa shape index (κ1) is 20.2. The summed E-state index contributed by atoms with van der Waals surface area (Å²) in [7, 11) is 1.68. The molecule has 5 rings (SSSR count). The summed E-state index contributed by atoms with van der Waals surface area (Å²) in [5, 5.41) is 4.21. The molecule has 1 aliphatic carbocycles. The highest BCUT2D eigenvalue weighted by atomic mass is 19.4. The standard InChI is InChI=1S/C20H17F3N6O3/c1-27-9-24-17-16(27)18(30)28(10-25-17)8-15-26-29(19(31)32-15)14-6-12(7-14)11-2-4-13(5-3-11)20(21,22)23/h2-5,9-10,12,14H,6-8H2,1H3/t12-,14-. The minimum Gasteiger partial charge on any atom is -0.390 e. The lowest BCUT2D eigenvalue weighted by Gasteiger charge is -2.34. The molecular formula is C20H17F3N6O3. The van der Waals surface area contributed by atoms with Crippen molar-refractivity contribution in [3.05, 3.63) is 74.8 Å². The second-order valence-electron chi connectivity index (χ2n) is 7.85. The SMILES string of the molecule is Cn1cnc2ncn(Cc3nn([C@H]4C[C@H](c5ccc(C(F)(F)F)cc5)C4)c(=O)o3)c(=O)c21. The number of benzene rings is 1. The summed E-state index contributed by atoms with van der Waals surface area (Å²) >= 11 is 0. The van der Waals surface area contributed by atoms with E-state index in [1.54, 1.807) is 11.6 Å². The molecule has 0 atom stereocenters. The number of aromatic nitrogens is 6. The van der Waals surface area contributed by atoms with Gasteiger partial charge in [0.05, 0.1) is 17.9 Å². The van der Waals surface area contributed by atoms with Gasteiger partial charge in [0.15, 0.2) is 11.2 Å². The van der Waals surface area contributed by atoms with Crippen LogP contribution in [0.4, 0.5) is 13.2 Å². The Bertz CT molecular complexity index is 1410. The van der Waals surface area contributed by atoms with Crippen molar-refractivity contribution in [2.75, 3.05) is 0 Å². The fraction of sp³-hybridized carbons (Fsp3) is 0.350. The summed E-state index contributed by atoms with van der Waals surface area (Å²) in [4.78, 5) is 33.0. The number of aryl methyl sites for hydroxylation is 1. The van der Waals surface area contributed by atoms with E-state index in [0.717, 1.165) is 17.7 Å². The zero-order valence-corrected chi connectivity index (χ0v) is 16.8. The van der Waals surface area contributed by atoms with Gasteiger partial charge in [0, 0.05) is 7.05 Å². The Labute approximate surface area is 177 Å². The van der Waals surface area contributed by atoms with Crippen molar-refractivity contribution in [1.29, 1.82) is 0 Å². The smallest absolute Gasteiger partial charge is 0.390 e. The number of hydrogen-bond donors (Lipinski definition) is 0. The predicted molar refractivity (Wildman–Crippen MR) is 105 cm³/mol. The lowest BCUT2D eigenvalue weighted by Crippen LogP contribution is -2.32. The molecule has 1 saturated carbocycles. The van der Waals surface area contributed by atoms with Crippen molar-refractivity contribution >= 4 is 11.2 Å². The summed E-state index contributed by atoms with van der Waals surface area (Å²) in [6.45, 7) is -0.0652.